The lowest BCUT2D eigenvalue weighted by atomic mass is 10.0. The smallest absolute Gasteiger partial charge is 0.339 e. The largest absolute Gasteiger partial charge is 0.497 e. The Labute approximate surface area is 180 Å². The number of rotatable bonds is 6. The van der Waals surface area contributed by atoms with Crippen molar-refractivity contribution >= 4 is 22.7 Å². The Bertz CT molecular complexity index is 1240. The average Bonchev–Trinajstić information content (AvgIpc) is 2.82. The molecular weight excluding hydrogens is 390 g/mol. The SMILES string of the molecule is COc1ccc(-c2cc(C(=O)OCC(=O)c3ccc(C)cc3)c3ccccc3n2)cc1. The van der Waals surface area contributed by atoms with Crippen LogP contribution in [0.15, 0.2) is 78.9 Å². The van der Waals surface area contributed by atoms with Crippen molar-refractivity contribution in [2.24, 2.45) is 0 Å². The molecule has 0 spiro atoms. The van der Waals surface area contributed by atoms with E-state index in [9.17, 15) is 9.59 Å². The summed E-state index contributed by atoms with van der Waals surface area (Å²) < 4.78 is 10.6. The number of pyridine rings is 1. The topological polar surface area (TPSA) is 65.5 Å². The number of hydrogen-bond donors (Lipinski definition) is 0. The summed E-state index contributed by atoms with van der Waals surface area (Å²) in [6.07, 6.45) is 0. The van der Waals surface area contributed by atoms with Gasteiger partial charge in [-0.25, -0.2) is 9.78 Å². The summed E-state index contributed by atoms with van der Waals surface area (Å²) in [5.74, 6) is -0.0743. The van der Waals surface area contributed by atoms with Gasteiger partial charge in [0.25, 0.3) is 0 Å². The summed E-state index contributed by atoms with van der Waals surface area (Å²) in [5, 5.41) is 0.674. The molecule has 0 bridgehead atoms. The van der Waals surface area contributed by atoms with E-state index in [0.29, 0.717) is 27.7 Å². The van der Waals surface area contributed by atoms with Crippen LogP contribution in [-0.2, 0) is 4.74 Å². The molecule has 154 valence electrons. The van der Waals surface area contributed by atoms with Crippen LogP contribution in [0.25, 0.3) is 22.2 Å². The van der Waals surface area contributed by atoms with E-state index in [1.54, 1.807) is 25.3 Å². The van der Waals surface area contributed by atoms with Crippen LogP contribution in [-0.4, -0.2) is 30.5 Å². The molecular formula is C26H21NO4. The first-order chi connectivity index (χ1) is 15.0. The standard InChI is InChI=1S/C26H21NO4/c1-17-7-9-19(10-8-17)25(28)16-31-26(29)22-15-24(18-11-13-20(30-2)14-12-18)27-23-6-4-3-5-21(22)23/h3-15H,16H2,1-2H3. The van der Waals surface area contributed by atoms with E-state index < -0.39 is 5.97 Å². The Hall–Kier alpha value is -3.99. The second kappa shape index (κ2) is 8.79. The molecule has 3 aromatic carbocycles. The average molecular weight is 411 g/mol. The molecule has 0 atom stereocenters. The lowest BCUT2D eigenvalue weighted by Gasteiger charge is -2.10. The van der Waals surface area contributed by atoms with E-state index in [1.165, 1.54) is 0 Å². The molecule has 0 saturated carbocycles. The van der Waals surface area contributed by atoms with Crippen molar-refractivity contribution in [3.63, 3.8) is 0 Å². The van der Waals surface area contributed by atoms with Gasteiger partial charge in [0.15, 0.2) is 12.4 Å². The van der Waals surface area contributed by atoms with Gasteiger partial charge < -0.3 is 9.47 Å². The predicted octanol–water partition coefficient (Wildman–Crippen LogP) is 5.26. The fraction of sp³-hybridized carbons (Fsp3) is 0.115. The first-order valence-corrected chi connectivity index (χ1v) is 9.86. The number of aryl methyl sites for hydroxylation is 1. The maximum absolute atomic E-state index is 12.9. The highest BCUT2D eigenvalue weighted by Gasteiger charge is 2.17. The fourth-order valence-electron chi connectivity index (χ4n) is 3.29. The quantitative estimate of drug-likeness (QED) is 0.320. The predicted molar refractivity (Wildman–Crippen MR) is 120 cm³/mol. The number of para-hydroxylation sites is 1. The Morgan fingerprint density at radius 2 is 1.61 bits per heavy atom. The number of carbonyl (C=O) groups excluding carboxylic acids is 2. The number of hydrogen-bond acceptors (Lipinski definition) is 5. The van der Waals surface area contributed by atoms with Crippen molar-refractivity contribution in [2.45, 2.75) is 6.92 Å². The van der Waals surface area contributed by atoms with E-state index >= 15 is 0 Å². The van der Waals surface area contributed by atoms with Gasteiger partial charge >= 0.3 is 5.97 Å². The van der Waals surface area contributed by atoms with Crippen LogP contribution >= 0.6 is 0 Å². The van der Waals surface area contributed by atoms with Gasteiger partial charge in [-0.2, -0.15) is 0 Å². The van der Waals surface area contributed by atoms with Gasteiger partial charge in [-0.05, 0) is 43.3 Å². The first-order valence-electron chi connectivity index (χ1n) is 9.86. The third kappa shape index (κ3) is 4.46. The van der Waals surface area contributed by atoms with Crippen LogP contribution in [0.2, 0.25) is 0 Å². The highest BCUT2D eigenvalue weighted by atomic mass is 16.5. The van der Waals surface area contributed by atoms with Gasteiger partial charge in [0.1, 0.15) is 5.75 Å². The summed E-state index contributed by atoms with van der Waals surface area (Å²) in [4.78, 5) is 30.0. The Balaban J connectivity index is 1.62. The number of aromatic nitrogens is 1. The molecule has 0 aliphatic carbocycles. The van der Waals surface area contributed by atoms with Gasteiger partial charge in [-0.15, -0.1) is 0 Å². The molecule has 4 aromatic rings. The minimum atomic E-state index is -0.561. The van der Waals surface area contributed by atoms with E-state index in [1.807, 2.05) is 67.6 Å². The van der Waals surface area contributed by atoms with Crippen LogP contribution in [0.4, 0.5) is 0 Å². The molecule has 0 aliphatic heterocycles. The van der Waals surface area contributed by atoms with Gasteiger partial charge in [0.2, 0.25) is 0 Å². The molecule has 5 nitrogen and oxygen atoms in total. The van der Waals surface area contributed by atoms with Gasteiger partial charge in [-0.3, -0.25) is 4.79 Å². The minimum absolute atomic E-state index is 0.248. The molecule has 0 amide bonds. The summed E-state index contributed by atoms with van der Waals surface area (Å²) in [6, 6.07) is 23.7. The molecule has 5 heteroatoms. The second-order valence-corrected chi connectivity index (χ2v) is 7.17. The number of benzene rings is 3. The van der Waals surface area contributed by atoms with Crippen LogP contribution in [0.5, 0.6) is 5.75 Å². The summed E-state index contributed by atoms with van der Waals surface area (Å²) in [5.41, 5.74) is 4.09. The summed E-state index contributed by atoms with van der Waals surface area (Å²) in [6.45, 7) is 1.62. The Morgan fingerprint density at radius 3 is 2.32 bits per heavy atom. The highest BCUT2D eigenvalue weighted by Crippen LogP contribution is 2.27. The van der Waals surface area contributed by atoms with E-state index in [4.69, 9.17) is 9.47 Å². The molecule has 0 aliphatic rings. The molecule has 4 rings (SSSR count). The van der Waals surface area contributed by atoms with Crippen molar-refractivity contribution in [3.05, 3.63) is 95.6 Å². The zero-order valence-corrected chi connectivity index (χ0v) is 17.3. The molecule has 0 saturated heterocycles. The first kappa shape index (κ1) is 20.3. The number of Topliss-reactive ketones (excluding diaryl/α,β-unsaturated/α-hetero) is 1. The third-order valence-corrected chi connectivity index (χ3v) is 5.03. The van der Waals surface area contributed by atoms with E-state index in [0.717, 1.165) is 16.9 Å². The normalized spacial score (nSPS) is 10.6. The van der Waals surface area contributed by atoms with Crippen molar-refractivity contribution in [2.75, 3.05) is 13.7 Å². The van der Waals surface area contributed by atoms with E-state index in [2.05, 4.69) is 4.98 Å². The van der Waals surface area contributed by atoms with Gasteiger partial charge in [-0.1, -0.05) is 48.0 Å². The number of ether oxygens (including phenoxy) is 2. The second-order valence-electron chi connectivity index (χ2n) is 7.17. The van der Waals surface area contributed by atoms with Gasteiger partial charge in [0, 0.05) is 16.5 Å². The Kier molecular flexibility index (Phi) is 5.76. The van der Waals surface area contributed by atoms with Crippen LogP contribution < -0.4 is 4.74 Å². The molecule has 31 heavy (non-hydrogen) atoms. The molecule has 0 fully saturated rings. The van der Waals surface area contributed by atoms with Crippen molar-refractivity contribution in [1.82, 2.24) is 4.98 Å². The van der Waals surface area contributed by atoms with Crippen LogP contribution in [0.1, 0.15) is 26.3 Å². The maximum Gasteiger partial charge on any atom is 0.339 e. The number of esters is 1. The molecule has 0 N–H and O–H groups in total. The third-order valence-electron chi connectivity index (χ3n) is 5.03. The van der Waals surface area contributed by atoms with E-state index in [-0.39, 0.29) is 12.4 Å². The zero-order valence-electron chi connectivity index (χ0n) is 17.3. The fourth-order valence-corrected chi connectivity index (χ4v) is 3.29. The number of fused-ring (bicyclic) bond motifs is 1. The lowest BCUT2D eigenvalue weighted by molar-refractivity contribution is 0.0476. The number of methoxy groups -OCH3 is 1. The minimum Gasteiger partial charge on any atom is -0.497 e. The number of carbonyl (C=O) groups is 2. The molecule has 1 aromatic heterocycles. The number of ketones is 1. The molecule has 1 heterocycles. The summed E-state index contributed by atoms with van der Waals surface area (Å²) >= 11 is 0. The van der Waals surface area contributed by atoms with Gasteiger partial charge in [0.05, 0.1) is 23.9 Å². The number of nitrogens with zero attached hydrogens (tertiary/aromatic N) is 1. The van der Waals surface area contributed by atoms with Crippen LogP contribution in [0.3, 0.4) is 0 Å². The zero-order chi connectivity index (χ0) is 21.8. The van der Waals surface area contributed by atoms with Crippen LogP contribution in [0, 0.1) is 6.92 Å². The Morgan fingerprint density at radius 1 is 0.903 bits per heavy atom. The monoisotopic (exact) mass is 411 g/mol. The lowest BCUT2D eigenvalue weighted by Crippen LogP contribution is -2.15. The van der Waals surface area contributed by atoms with Crippen molar-refractivity contribution in [3.8, 4) is 17.0 Å². The maximum atomic E-state index is 12.9. The van der Waals surface area contributed by atoms with Crippen molar-refractivity contribution < 1.29 is 19.1 Å². The highest BCUT2D eigenvalue weighted by molar-refractivity contribution is 6.06. The summed E-state index contributed by atoms with van der Waals surface area (Å²) in [7, 11) is 1.61. The molecule has 0 radical (unpaired) electrons. The molecule has 0 unspecified atom stereocenters. The van der Waals surface area contributed by atoms with Crippen molar-refractivity contribution in [1.29, 1.82) is 0 Å².